The maximum absolute atomic E-state index is 13.0. The molecule has 3 N–H and O–H groups in total. The number of allylic oxidation sites excluding steroid dienone is 3. The van der Waals surface area contributed by atoms with Crippen LogP contribution in [0.3, 0.4) is 0 Å². The largest absolute Gasteiger partial charge is 0.472 e. The van der Waals surface area contributed by atoms with Crippen LogP contribution in [-0.2, 0) is 18.4 Å². The molecule has 3 atom stereocenters. The molecule has 434 valence electrons. The number of nitrogens with one attached hydrogen (secondary N) is 1. The average Bonchev–Trinajstić information content (AvgIpc) is 3.35. The van der Waals surface area contributed by atoms with E-state index in [2.05, 4.69) is 31.3 Å². The van der Waals surface area contributed by atoms with Crippen LogP contribution in [0, 0.1) is 0 Å². The number of carbonyl (C=O) groups excluding carboxylic acids is 1. The van der Waals surface area contributed by atoms with Gasteiger partial charge in [-0.3, -0.25) is 13.8 Å². The monoisotopic (exact) mass is 1050 g/mol. The molecule has 0 aromatic heterocycles. The lowest BCUT2D eigenvalue weighted by molar-refractivity contribution is -0.870. The van der Waals surface area contributed by atoms with E-state index in [0.29, 0.717) is 17.4 Å². The van der Waals surface area contributed by atoms with Gasteiger partial charge in [-0.25, -0.2) is 4.57 Å². The number of amides is 1. The van der Waals surface area contributed by atoms with Gasteiger partial charge in [0.1, 0.15) is 13.2 Å². The van der Waals surface area contributed by atoms with E-state index in [1.165, 1.54) is 270 Å². The number of aliphatic hydroxyl groups is 1. The first-order valence-corrected chi connectivity index (χ1v) is 33.7. The number of hydrogen-bond donors (Lipinski definition) is 3. The molecule has 73 heavy (non-hydrogen) atoms. The first kappa shape index (κ1) is 72.0. The zero-order chi connectivity index (χ0) is 53.5. The lowest BCUT2D eigenvalue weighted by Crippen LogP contribution is -2.45. The summed E-state index contributed by atoms with van der Waals surface area (Å²) >= 11 is 0. The van der Waals surface area contributed by atoms with Crippen molar-refractivity contribution in [3.63, 3.8) is 0 Å². The van der Waals surface area contributed by atoms with E-state index < -0.39 is 20.0 Å². The SMILES string of the molecule is CCCCCCCCCCCC/C=C/C(O)C(COP(=O)(O)OCC[N+](C)(C)C)NC(=O)CCCCCCCCCCCCCCCCCCC/C=C\CCCCCCCCCCCCCCCCCCCC. The van der Waals surface area contributed by atoms with Gasteiger partial charge in [-0.15, -0.1) is 0 Å². The minimum absolute atomic E-state index is 0.0637. The van der Waals surface area contributed by atoms with Crippen LogP contribution >= 0.6 is 7.82 Å². The predicted molar refractivity (Wildman–Crippen MR) is 318 cm³/mol. The van der Waals surface area contributed by atoms with E-state index in [-0.39, 0.29) is 19.1 Å². The van der Waals surface area contributed by atoms with Crippen LogP contribution in [0.4, 0.5) is 0 Å². The highest BCUT2D eigenvalue weighted by molar-refractivity contribution is 7.47. The zero-order valence-corrected chi connectivity index (χ0v) is 50.5. The molecule has 8 nitrogen and oxygen atoms in total. The molecule has 0 saturated carbocycles. The molecule has 0 aliphatic heterocycles. The van der Waals surface area contributed by atoms with Gasteiger partial charge in [-0.2, -0.15) is 0 Å². The van der Waals surface area contributed by atoms with E-state index >= 15 is 0 Å². The predicted octanol–water partition coefficient (Wildman–Crippen LogP) is 19.9. The second-order valence-corrected chi connectivity index (χ2v) is 24.9. The Bertz CT molecular complexity index is 1240. The van der Waals surface area contributed by atoms with Crippen LogP contribution in [0.2, 0.25) is 0 Å². The van der Waals surface area contributed by atoms with Crippen molar-refractivity contribution in [1.29, 1.82) is 0 Å². The van der Waals surface area contributed by atoms with Gasteiger partial charge < -0.3 is 19.8 Å². The summed E-state index contributed by atoms with van der Waals surface area (Å²) in [6, 6.07) is -0.843. The van der Waals surface area contributed by atoms with Gasteiger partial charge in [0.05, 0.1) is 39.9 Å². The first-order chi connectivity index (χ1) is 35.5. The van der Waals surface area contributed by atoms with E-state index in [0.717, 1.165) is 38.5 Å². The van der Waals surface area contributed by atoms with E-state index in [9.17, 15) is 19.4 Å². The summed E-state index contributed by atoms with van der Waals surface area (Å²) in [4.78, 5) is 23.3. The number of phosphoric acid groups is 1. The lowest BCUT2D eigenvalue weighted by Gasteiger charge is -2.25. The van der Waals surface area contributed by atoms with E-state index in [1.54, 1.807) is 6.08 Å². The van der Waals surface area contributed by atoms with Gasteiger partial charge in [-0.05, 0) is 44.9 Å². The molecule has 9 heteroatoms. The third kappa shape index (κ3) is 58.5. The molecule has 1 amide bonds. The van der Waals surface area contributed by atoms with Crippen molar-refractivity contribution in [2.24, 2.45) is 0 Å². The van der Waals surface area contributed by atoms with Crippen LogP contribution in [0.15, 0.2) is 24.3 Å². The van der Waals surface area contributed by atoms with E-state index in [4.69, 9.17) is 9.05 Å². The molecule has 3 unspecified atom stereocenters. The summed E-state index contributed by atoms with van der Waals surface area (Å²) in [6.45, 7) is 4.84. The quantitative estimate of drug-likeness (QED) is 0.0243. The zero-order valence-electron chi connectivity index (χ0n) is 49.7. The minimum atomic E-state index is -4.34. The fourth-order valence-electron chi connectivity index (χ4n) is 9.86. The number of rotatable bonds is 60. The molecule has 0 aromatic rings. The lowest BCUT2D eigenvalue weighted by atomic mass is 10.0. The molecular formula is C64H128N2O6P+. The standard InChI is InChI=1S/C64H127N2O6P/c1-6-8-10-12-14-16-18-20-21-22-23-24-25-26-27-28-29-30-31-32-33-34-35-36-37-38-39-40-41-42-43-44-45-46-48-50-52-54-56-58-64(68)65-62(61-72-73(69,70)71-60-59-66(3,4)5)63(67)57-55-53-51-49-47-19-17-15-13-11-9-7-2/h32-33,55,57,62-63,67H,6-31,34-54,56,58-61H2,1-5H3,(H-,65,68,69,70)/p+1/b33-32-,57-55+. The van der Waals surface area contributed by atoms with Crippen LogP contribution < -0.4 is 5.32 Å². The van der Waals surface area contributed by atoms with Gasteiger partial charge in [-0.1, -0.05) is 301 Å². The number of quaternary nitrogens is 1. The fraction of sp³-hybridized carbons (Fsp3) is 0.922. The summed E-state index contributed by atoms with van der Waals surface area (Å²) in [5.74, 6) is -0.173. The van der Waals surface area contributed by atoms with Crippen molar-refractivity contribution >= 4 is 13.7 Å². The molecular weight excluding hydrogens is 924 g/mol. The second-order valence-electron chi connectivity index (χ2n) is 23.5. The highest BCUT2D eigenvalue weighted by Gasteiger charge is 2.28. The Balaban J connectivity index is 3.84. The molecule has 0 bridgehead atoms. The van der Waals surface area contributed by atoms with Crippen LogP contribution in [0.5, 0.6) is 0 Å². The summed E-state index contributed by atoms with van der Waals surface area (Å²) in [6.07, 6.45) is 71.9. The number of unbranched alkanes of at least 4 members (excludes halogenated alkanes) is 45. The maximum Gasteiger partial charge on any atom is 0.472 e. The highest BCUT2D eigenvalue weighted by atomic mass is 31.2. The number of likely N-dealkylation sites (N-methyl/N-ethyl adjacent to an activating group) is 1. The number of nitrogens with zero attached hydrogens (tertiary/aromatic N) is 1. The smallest absolute Gasteiger partial charge is 0.387 e. The molecule has 0 radical (unpaired) electrons. The van der Waals surface area contributed by atoms with Crippen molar-refractivity contribution in [3.8, 4) is 0 Å². The van der Waals surface area contributed by atoms with Crippen molar-refractivity contribution in [1.82, 2.24) is 5.32 Å². The second kappa shape index (κ2) is 55.7. The normalized spacial score (nSPS) is 13.9. The van der Waals surface area contributed by atoms with Crippen molar-refractivity contribution in [2.45, 2.75) is 341 Å². The summed E-state index contributed by atoms with van der Waals surface area (Å²) in [5.41, 5.74) is 0. The summed E-state index contributed by atoms with van der Waals surface area (Å²) in [7, 11) is 1.58. The van der Waals surface area contributed by atoms with Crippen molar-refractivity contribution in [2.75, 3.05) is 40.9 Å². The number of phosphoric ester groups is 1. The van der Waals surface area contributed by atoms with Crippen molar-refractivity contribution in [3.05, 3.63) is 24.3 Å². The Morgan fingerprint density at radius 1 is 0.452 bits per heavy atom. The number of carbonyl (C=O) groups is 1. The van der Waals surface area contributed by atoms with Gasteiger partial charge in [0.15, 0.2) is 0 Å². The average molecular weight is 1050 g/mol. The molecule has 0 aliphatic carbocycles. The van der Waals surface area contributed by atoms with Gasteiger partial charge in [0.2, 0.25) is 5.91 Å². The Morgan fingerprint density at radius 3 is 1.05 bits per heavy atom. The maximum atomic E-state index is 13.0. The highest BCUT2D eigenvalue weighted by Crippen LogP contribution is 2.43. The molecule has 0 heterocycles. The van der Waals surface area contributed by atoms with Crippen LogP contribution in [-0.4, -0.2) is 73.4 Å². The molecule has 0 aromatic carbocycles. The fourth-order valence-corrected chi connectivity index (χ4v) is 10.6. The summed E-state index contributed by atoms with van der Waals surface area (Å²) in [5, 5.41) is 13.9. The third-order valence-corrected chi connectivity index (χ3v) is 15.9. The Labute approximate surface area is 455 Å². The van der Waals surface area contributed by atoms with Gasteiger partial charge in [0, 0.05) is 6.42 Å². The van der Waals surface area contributed by atoms with Crippen LogP contribution in [0.25, 0.3) is 0 Å². The first-order valence-electron chi connectivity index (χ1n) is 32.2. The molecule has 0 saturated heterocycles. The van der Waals surface area contributed by atoms with Crippen molar-refractivity contribution < 1.29 is 32.9 Å². The Morgan fingerprint density at radius 2 is 0.740 bits per heavy atom. The molecule has 0 aliphatic rings. The molecule has 0 fully saturated rings. The number of aliphatic hydroxyl groups excluding tert-OH is 1. The van der Waals surface area contributed by atoms with Gasteiger partial charge in [0.25, 0.3) is 0 Å². The Kier molecular flexibility index (Phi) is 54.9. The summed E-state index contributed by atoms with van der Waals surface area (Å²) < 4.78 is 23.7. The molecule has 0 spiro atoms. The molecule has 0 rings (SSSR count). The number of hydrogen-bond acceptors (Lipinski definition) is 5. The van der Waals surface area contributed by atoms with E-state index in [1.807, 2.05) is 27.2 Å². The van der Waals surface area contributed by atoms with Gasteiger partial charge >= 0.3 is 7.82 Å². The minimum Gasteiger partial charge on any atom is -0.387 e. The van der Waals surface area contributed by atoms with Crippen LogP contribution in [0.1, 0.15) is 328 Å². The topological polar surface area (TPSA) is 105 Å². The third-order valence-electron chi connectivity index (χ3n) is 14.9. The Hall–Kier alpha value is -1.02.